The molecule has 4 nitrogen and oxygen atoms in total. The van der Waals surface area contributed by atoms with Crippen LogP contribution in [-0.2, 0) is 14.3 Å². The Balaban J connectivity index is 2.01. The van der Waals surface area contributed by atoms with E-state index in [9.17, 15) is 9.59 Å². The molecule has 0 bridgehead atoms. The summed E-state index contributed by atoms with van der Waals surface area (Å²) in [5.74, 6) is 0.348. The summed E-state index contributed by atoms with van der Waals surface area (Å²) in [5, 5.41) is 0. The van der Waals surface area contributed by atoms with Gasteiger partial charge in [0.25, 0.3) is 0 Å². The SMILES string of the molecule is CCOC(=O)[C@H]1[C@H](C2CC2)N1C(=O)C(C)C. The fourth-order valence-corrected chi connectivity index (χ4v) is 2.23. The van der Waals surface area contributed by atoms with Gasteiger partial charge in [0, 0.05) is 5.92 Å². The zero-order valence-corrected chi connectivity index (χ0v) is 10.1. The predicted octanol–water partition coefficient (Wildman–Crippen LogP) is 1.19. The number of carbonyl (C=O) groups is 2. The van der Waals surface area contributed by atoms with Gasteiger partial charge < -0.3 is 9.64 Å². The second-order valence-electron chi connectivity index (χ2n) is 4.93. The fourth-order valence-electron chi connectivity index (χ4n) is 2.23. The van der Waals surface area contributed by atoms with Gasteiger partial charge in [0.05, 0.1) is 12.6 Å². The van der Waals surface area contributed by atoms with Crippen molar-refractivity contribution < 1.29 is 14.3 Å². The van der Waals surface area contributed by atoms with E-state index < -0.39 is 0 Å². The number of hydrogen-bond acceptors (Lipinski definition) is 3. The van der Waals surface area contributed by atoms with Crippen molar-refractivity contribution in [1.29, 1.82) is 0 Å². The molecule has 16 heavy (non-hydrogen) atoms. The maximum atomic E-state index is 11.9. The van der Waals surface area contributed by atoms with Gasteiger partial charge in [-0.2, -0.15) is 0 Å². The molecule has 1 amide bonds. The van der Waals surface area contributed by atoms with Crippen LogP contribution in [0.1, 0.15) is 33.6 Å². The van der Waals surface area contributed by atoms with E-state index in [1.807, 2.05) is 13.8 Å². The van der Waals surface area contributed by atoms with Crippen molar-refractivity contribution in [3.63, 3.8) is 0 Å². The Labute approximate surface area is 95.9 Å². The summed E-state index contributed by atoms with van der Waals surface area (Å²) in [6.45, 7) is 5.91. The molecule has 0 aromatic carbocycles. The molecule has 2 aliphatic rings. The molecule has 0 spiro atoms. The van der Waals surface area contributed by atoms with Crippen molar-refractivity contribution in [2.75, 3.05) is 6.61 Å². The van der Waals surface area contributed by atoms with Gasteiger partial charge in [-0.3, -0.25) is 4.79 Å². The third kappa shape index (κ3) is 1.93. The molecule has 1 aliphatic carbocycles. The summed E-state index contributed by atoms with van der Waals surface area (Å²) in [7, 11) is 0. The zero-order chi connectivity index (χ0) is 11.9. The number of esters is 1. The van der Waals surface area contributed by atoms with Crippen LogP contribution < -0.4 is 0 Å². The molecule has 2 atom stereocenters. The minimum Gasteiger partial charge on any atom is -0.464 e. The molecule has 0 N–H and O–H groups in total. The average molecular weight is 225 g/mol. The Bertz CT molecular complexity index is 309. The highest BCUT2D eigenvalue weighted by Crippen LogP contribution is 2.47. The molecule has 0 aromatic rings. The van der Waals surface area contributed by atoms with Crippen LogP contribution in [0, 0.1) is 11.8 Å². The standard InChI is InChI=1S/C12H19NO3/c1-4-16-12(15)10-9(8-5-6-8)13(10)11(14)7(2)3/h7-10H,4-6H2,1-3H3/t9-,10+,13?/m0/s1. The van der Waals surface area contributed by atoms with E-state index in [1.165, 1.54) is 0 Å². The highest BCUT2D eigenvalue weighted by atomic mass is 16.5. The van der Waals surface area contributed by atoms with E-state index in [4.69, 9.17) is 4.74 Å². The van der Waals surface area contributed by atoms with Gasteiger partial charge >= 0.3 is 5.97 Å². The Kier molecular flexibility index (Phi) is 2.91. The van der Waals surface area contributed by atoms with Crippen molar-refractivity contribution in [1.82, 2.24) is 4.90 Å². The van der Waals surface area contributed by atoms with E-state index >= 15 is 0 Å². The number of amides is 1. The largest absolute Gasteiger partial charge is 0.464 e. The van der Waals surface area contributed by atoms with Gasteiger partial charge in [-0.1, -0.05) is 13.8 Å². The second kappa shape index (κ2) is 4.07. The summed E-state index contributed by atoms with van der Waals surface area (Å²) in [6.07, 6.45) is 2.28. The first-order valence-electron chi connectivity index (χ1n) is 6.06. The third-order valence-electron chi connectivity index (χ3n) is 3.24. The van der Waals surface area contributed by atoms with Crippen molar-refractivity contribution in [2.24, 2.45) is 11.8 Å². The first-order valence-corrected chi connectivity index (χ1v) is 6.06. The average Bonchev–Trinajstić information content (AvgIpc) is 3.08. The van der Waals surface area contributed by atoms with Crippen LogP contribution >= 0.6 is 0 Å². The lowest BCUT2D eigenvalue weighted by atomic mass is 10.2. The highest BCUT2D eigenvalue weighted by molar-refractivity contribution is 5.92. The molecule has 0 aromatic heterocycles. The topological polar surface area (TPSA) is 46.4 Å². The maximum absolute atomic E-state index is 11.9. The van der Waals surface area contributed by atoms with Crippen molar-refractivity contribution in [2.45, 2.75) is 45.7 Å². The molecule has 0 radical (unpaired) electrons. The van der Waals surface area contributed by atoms with Crippen LogP contribution in [0.2, 0.25) is 0 Å². The third-order valence-corrected chi connectivity index (χ3v) is 3.24. The van der Waals surface area contributed by atoms with Crippen LogP contribution in [0.25, 0.3) is 0 Å². The predicted molar refractivity (Wildman–Crippen MR) is 58.6 cm³/mol. The number of carbonyl (C=O) groups excluding carboxylic acids is 2. The summed E-state index contributed by atoms with van der Waals surface area (Å²) in [5.41, 5.74) is 0. The van der Waals surface area contributed by atoms with Crippen molar-refractivity contribution in [3.05, 3.63) is 0 Å². The molecule has 90 valence electrons. The number of nitrogens with zero attached hydrogens (tertiary/aromatic N) is 1. The van der Waals surface area contributed by atoms with Crippen LogP contribution in [0.3, 0.4) is 0 Å². The van der Waals surface area contributed by atoms with E-state index in [1.54, 1.807) is 11.8 Å². The van der Waals surface area contributed by atoms with Gasteiger partial charge in [-0.05, 0) is 25.7 Å². The first-order chi connectivity index (χ1) is 7.57. The second-order valence-corrected chi connectivity index (χ2v) is 4.93. The van der Waals surface area contributed by atoms with E-state index in [2.05, 4.69) is 0 Å². The molecule has 2 rings (SSSR count). The molecular weight excluding hydrogens is 206 g/mol. The van der Waals surface area contributed by atoms with Crippen LogP contribution in [0.15, 0.2) is 0 Å². The molecule has 1 saturated heterocycles. The van der Waals surface area contributed by atoms with Gasteiger partial charge in [0.2, 0.25) is 5.91 Å². The van der Waals surface area contributed by atoms with Gasteiger partial charge in [-0.25, -0.2) is 4.79 Å². The van der Waals surface area contributed by atoms with Gasteiger partial charge in [-0.15, -0.1) is 0 Å². The lowest BCUT2D eigenvalue weighted by molar-refractivity contribution is -0.145. The quantitative estimate of drug-likeness (QED) is 0.533. The lowest BCUT2D eigenvalue weighted by Crippen LogP contribution is -2.24. The van der Waals surface area contributed by atoms with E-state index in [0.29, 0.717) is 12.5 Å². The van der Waals surface area contributed by atoms with Gasteiger partial charge in [0.15, 0.2) is 6.04 Å². The van der Waals surface area contributed by atoms with E-state index in [-0.39, 0.29) is 29.9 Å². The smallest absolute Gasteiger partial charge is 0.331 e. The molecule has 2 fully saturated rings. The number of ether oxygens (including phenoxy) is 1. The number of hydrogen-bond donors (Lipinski definition) is 0. The lowest BCUT2D eigenvalue weighted by Gasteiger charge is -2.07. The fraction of sp³-hybridized carbons (Fsp3) is 0.833. The van der Waals surface area contributed by atoms with Gasteiger partial charge in [0.1, 0.15) is 0 Å². The van der Waals surface area contributed by atoms with Crippen LogP contribution in [0.4, 0.5) is 0 Å². The highest BCUT2D eigenvalue weighted by Gasteiger charge is 2.62. The molecule has 0 unspecified atom stereocenters. The molecular formula is C12H19NO3. The number of rotatable bonds is 4. The van der Waals surface area contributed by atoms with Crippen LogP contribution in [0.5, 0.6) is 0 Å². The first kappa shape index (κ1) is 11.4. The monoisotopic (exact) mass is 225 g/mol. The van der Waals surface area contributed by atoms with Crippen LogP contribution in [-0.4, -0.2) is 35.5 Å². The maximum Gasteiger partial charge on any atom is 0.331 e. The summed E-state index contributed by atoms with van der Waals surface area (Å²) >= 11 is 0. The minimum atomic E-state index is -0.289. The molecule has 1 saturated carbocycles. The normalized spacial score (nSPS) is 28.1. The Morgan fingerprint density at radius 1 is 1.38 bits per heavy atom. The molecule has 4 heteroatoms. The minimum absolute atomic E-state index is 0.0410. The summed E-state index contributed by atoms with van der Waals surface area (Å²) in [6, 6.07) is -0.156. The summed E-state index contributed by atoms with van der Waals surface area (Å²) in [4.78, 5) is 25.3. The van der Waals surface area contributed by atoms with Crippen molar-refractivity contribution >= 4 is 11.9 Å². The Morgan fingerprint density at radius 2 is 2.00 bits per heavy atom. The van der Waals surface area contributed by atoms with E-state index in [0.717, 1.165) is 12.8 Å². The van der Waals surface area contributed by atoms with Crippen molar-refractivity contribution in [3.8, 4) is 0 Å². The Morgan fingerprint density at radius 3 is 2.44 bits per heavy atom. The Hall–Kier alpha value is -1.06. The molecule has 1 aliphatic heterocycles. The zero-order valence-electron chi connectivity index (χ0n) is 10.1. The molecule has 1 heterocycles. The summed E-state index contributed by atoms with van der Waals surface area (Å²) < 4.78 is 5.00.